The number of anilines is 1. The molecule has 7 heteroatoms. The van der Waals surface area contributed by atoms with Crippen molar-refractivity contribution in [3.8, 4) is 5.75 Å². The summed E-state index contributed by atoms with van der Waals surface area (Å²) in [7, 11) is -3.61. The first-order chi connectivity index (χ1) is 11.5. The number of ether oxygens (including phenoxy) is 1. The molecule has 0 radical (unpaired) electrons. The van der Waals surface area contributed by atoms with E-state index in [0.717, 1.165) is 19.3 Å². The maximum Gasteiger partial charge on any atom is 0.265 e. The quantitative estimate of drug-likeness (QED) is 0.800. The summed E-state index contributed by atoms with van der Waals surface area (Å²) in [6.45, 7) is 2.02. The van der Waals surface area contributed by atoms with E-state index in [1.165, 1.54) is 30.5 Å². The van der Waals surface area contributed by atoms with E-state index >= 15 is 0 Å². The van der Waals surface area contributed by atoms with E-state index in [0.29, 0.717) is 18.0 Å². The molecule has 0 bridgehead atoms. The predicted octanol–water partition coefficient (Wildman–Crippen LogP) is 2.57. The highest BCUT2D eigenvalue weighted by molar-refractivity contribution is 7.89. The Kier molecular flexibility index (Phi) is 4.91. The van der Waals surface area contributed by atoms with Crippen LogP contribution in [0.3, 0.4) is 0 Å². The topological polar surface area (TPSA) is 84.5 Å². The summed E-state index contributed by atoms with van der Waals surface area (Å²) in [6, 6.07) is 4.50. The number of hydrogen-bond acceptors (Lipinski definition) is 4. The van der Waals surface area contributed by atoms with Gasteiger partial charge in [-0.05, 0) is 57.2 Å². The second-order valence-electron chi connectivity index (χ2n) is 6.16. The molecule has 0 saturated heterocycles. The minimum atomic E-state index is -3.61. The third-order valence-corrected chi connectivity index (χ3v) is 5.77. The summed E-state index contributed by atoms with van der Waals surface area (Å²) in [4.78, 5) is 11.8. The van der Waals surface area contributed by atoms with Crippen LogP contribution in [0.4, 0.5) is 5.69 Å². The maximum atomic E-state index is 12.4. The third kappa shape index (κ3) is 3.79. The first-order valence-corrected chi connectivity index (χ1v) is 9.73. The van der Waals surface area contributed by atoms with Gasteiger partial charge in [-0.1, -0.05) is 11.6 Å². The average molecular weight is 350 g/mol. The standard InChI is InChI=1S/C17H22N2O4S/c1-12-17(20)19-15-11-14(7-8-16(15)23-12)24(21,22)18-10-9-13-5-3-2-4-6-13/h5,7-8,11-12,18H,2-4,6,9-10H2,1H3,(H,19,20). The average Bonchev–Trinajstić information content (AvgIpc) is 2.56. The fourth-order valence-electron chi connectivity index (χ4n) is 2.92. The molecule has 1 heterocycles. The van der Waals surface area contributed by atoms with Crippen LogP contribution in [0.2, 0.25) is 0 Å². The Balaban J connectivity index is 1.67. The summed E-state index contributed by atoms with van der Waals surface area (Å²) < 4.78 is 32.9. The van der Waals surface area contributed by atoms with Crippen LogP contribution in [0, 0.1) is 0 Å². The SMILES string of the molecule is CC1Oc2ccc(S(=O)(=O)NCCC3=CCCCC3)cc2NC1=O. The van der Waals surface area contributed by atoms with Gasteiger partial charge in [0, 0.05) is 6.54 Å². The van der Waals surface area contributed by atoms with E-state index in [2.05, 4.69) is 16.1 Å². The van der Waals surface area contributed by atoms with Gasteiger partial charge in [0.2, 0.25) is 10.0 Å². The first-order valence-electron chi connectivity index (χ1n) is 8.25. The maximum absolute atomic E-state index is 12.4. The van der Waals surface area contributed by atoms with Crippen LogP contribution in [0.5, 0.6) is 5.75 Å². The van der Waals surface area contributed by atoms with Gasteiger partial charge in [0.05, 0.1) is 10.6 Å². The number of carbonyl (C=O) groups is 1. The van der Waals surface area contributed by atoms with Crippen LogP contribution in [0.25, 0.3) is 0 Å². The number of nitrogens with one attached hydrogen (secondary N) is 2. The Morgan fingerprint density at radius 3 is 2.92 bits per heavy atom. The van der Waals surface area contributed by atoms with Crippen LogP contribution in [-0.2, 0) is 14.8 Å². The monoisotopic (exact) mass is 350 g/mol. The summed E-state index contributed by atoms with van der Waals surface area (Å²) >= 11 is 0. The van der Waals surface area contributed by atoms with Crippen molar-refractivity contribution in [1.82, 2.24) is 4.72 Å². The van der Waals surface area contributed by atoms with Crippen LogP contribution >= 0.6 is 0 Å². The lowest BCUT2D eigenvalue weighted by Gasteiger charge is -2.23. The summed E-state index contributed by atoms with van der Waals surface area (Å²) in [5, 5.41) is 2.66. The van der Waals surface area contributed by atoms with Crippen molar-refractivity contribution in [1.29, 1.82) is 0 Å². The van der Waals surface area contributed by atoms with Gasteiger partial charge in [-0.15, -0.1) is 0 Å². The minimum absolute atomic E-state index is 0.123. The lowest BCUT2D eigenvalue weighted by atomic mass is 9.97. The first kappa shape index (κ1) is 17.0. The Morgan fingerprint density at radius 2 is 2.17 bits per heavy atom. The zero-order valence-electron chi connectivity index (χ0n) is 13.7. The predicted molar refractivity (Wildman–Crippen MR) is 91.5 cm³/mol. The van der Waals surface area contributed by atoms with Gasteiger partial charge in [0.1, 0.15) is 5.75 Å². The number of hydrogen-bond donors (Lipinski definition) is 2. The van der Waals surface area contributed by atoms with Crippen LogP contribution in [-0.4, -0.2) is 27.0 Å². The van der Waals surface area contributed by atoms with Crippen LogP contribution < -0.4 is 14.8 Å². The zero-order chi connectivity index (χ0) is 17.2. The van der Waals surface area contributed by atoms with Crippen molar-refractivity contribution in [3.05, 3.63) is 29.8 Å². The van der Waals surface area contributed by atoms with Crippen molar-refractivity contribution < 1.29 is 17.9 Å². The number of carbonyl (C=O) groups excluding carboxylic acids is 1. The van der Waals surface area contributed by atoms with Crippen LogP contribution in [0.15, 0.2) is 34.7 Å². The summed E-state index contributed by atoms with van der Waals surface area (Å²) in [5.74, 6) is 0.197. The molecule has 1 aromatic rings. The van der Waals surface area contributed by atoms with E-state index in [4.69, 9.17) is 4.74 Å². The molecule has 6 nitrogen and oxygen atoms in total. The number of allylic oxidation sites excluding steroid dienone is 1. The molecule has 2 N–H and O–H groups in total. The van der Waals surface area contributed by atoms with Gasteiger partial charge in [0.25, 0.3) is 5.91 Å². The smallest absolute Gasteiger partial charge is 0.265 e. The Bertz CT molecular complexity index is 771. The molecular formula is C17H22N2O4S. The molecule has 2 aliphatic rings. The van der Waals surface area contributed by atoms with Gasteiger partial charge < -0.3 is 10.1 Å². The highest BCUT2D eigenvalue weighted by Crippen LogP contribution is 2.31. The fourth-order valence-corrected chi connectivity index (χ4v) is 3.97. The Labute approximate surface area is 142 Å². The van der Waals surface area contributed by atoms with E-state index in [1.807, 2.05) is 0 Å². The molecule has 0 aromatic heterocycles. The molecule has 24 heavy (non-hydrogen) atoms. The summed E-state index contributed by atoms with van der Waals surface area (Å²) in [6.07, 6.45) is 6.92. The molecule has 1 aromatic carbocycles. The van der Waals surface area contributed by atoms with Crippen molar-refractivity contribution in [2.24, 2.45) is 0 Å². The molecule has 0 saturated carbocycles. The number of rotatable bonds is 5. The molecule has 0 fully saturated rings. The van der Waals surface area contributed by atoms with Crippen molar-refractivity contribution >= 4 is 21.6 Å². The summed E-state index contributed by atoms with van der Waals surface area (Å²) in [5.41, 5.74) is 1.71. The van der Waals surface area contributed by atoms with Gasteiger partial charge in [-0.3, -0.25) is 4.79 Å². The van der Waals surface area contributed by atoms with Crippen molar-refractivity contribution in [3.63, 3.8) is 0 Å². The highest BCUT2D eigenvalue weighted by Gasteiger charge is 2.25. The molecule has 1 aliphatic heterocycles. The fraction of sp³-hybridized carbons (Fsp3) is 0.471. The molecule has 0 spiro atoms. The lowest BCUT2D eigenvalue weighted by molar-refractivity contribution is -0.122. The highest BCUT2D eigenvalue weighted by atomic mass is 32.2. The molecule has 1 amide bonds. The molecule has 3 rings (SSSR count). The third-order valence-electron chi connectivity index (χ3n) is 4.32. The van der Waals surface area contributed by atoms with E-state index in [9.17, 15) is 13.2 Å². The van der Waals surface area contributed by atoms with E-state index in [1.54, 1.807) is 13.0 Å². The van der Waals surface area contributed by atoms with Crippen LogP contribution in [0.1, 0.15) is 39.0 Å². The molecule has 130 valence electrons. The number of amides is 1. The Morgan fingerprint density at radius 1 is 1.33 bits per heavy atom. The lowest BCUT2D eigenvalue weighted by Crippen LogP contribution is -2.34. The second kappa shape index (κ2) is 6.94. The number of benzene rings is 1. The number of sulfonamides is 1. The van der Waals surface area contributed by atoms with Crippen molar-refractivity contribution in [2.45, 2.75) is 50.0 Å². The van der Waals surface area contributed by atoms with E-state index < -0.39 is 16.1 Å². The van der Waals surface area contributed by atoms with Gasteiger partial charge >= 0.3 is 0 Å². The zero-order valence-corrected chi connectivity index (χ0v) is 14.5. The number of fused-ring (bicyclic) bond motifs is 1. The van der Waals surface area contributed by atoms with Gasteiger partial charge in [0.15, 0.2) is 6.10 Å². The van der Waals surface area contributed by atoms with E-state index in [-0.39, 0.29) is 10.8 Å². The second-order valence-corrected chi connectivity index (χ2v) is 7.93. The van der Waals surface area contributed by atoms with Crippen molar-refractivity contribution in [2.75, 3.05) is 11.9 Å². The largest absolute Gasteiger partial charge is 0.479 e. The molecule has 1 unspecified atom stereocenters. The van der Waals surface area contributed by atoms with Gasteiger partial charge in [-0.2, -0.15) is 0 Å². The minimum Gasteiger partial charge on any atom is -0.479 e. The van der Waals surface area contributed by atoms with Gasteiger partial charge in [-0.25, -0.2) is 13.1 Å². The molecule has 1 atom stereocenters. The Hall–Kier alpha value is -1.86. The normalized spacial score (nSPS) is 20.6. The molecule has 1 aliphatic carbocycles. The molecular weight excluding hydrogens is 328 g/mol.